The molecule has 0 saturated heterocycles. The van der Waals surface area contributed by atoms with Crippen molar-refractivity contribution in [2.45, 2.75) is 13.8 Å². The van der Waals surface area contributed by atoms with Gasteiger partial charge in [-0.2, -0.15) is 0 Å². The second-order valence-corrected chi connectivity index (χ2v) is 2.20. The van der Waals surface area contributed by atoms with E-state index in [4.69, 9.17) is 0 Å². The van der Waals surface area contributed by atoms with Crippen LogP contribution in [0.4, 0.5) is 0 Å². The number of hydrogen-bond donors (Lipinski definition) is 0. The molecule has 0 N–H and O–H groups in total. The molecule has 0 unspecified atom stereocenters. The highest BCUT2D eigenvalue weighted by Gasteiger charge is 1.81. The Morgan fingerprint density at radius 2 is 1.67 bits per heavy atom. The molecule has 0 amide bonds. The van der Waals surface area contributed by atoms with Crippen LogP contribution >= 0.6 is 0 Å². The van der Waals surface area contributed by atoms with Crippen LogP contribution in [-0.4, -0.2) is 28.1 Å². The fourth-order valence-corrected chi connectivity index (χ4v) is 0.224. The van der Waals surface area contributed by atoms with E-state index < -0.39 is 0 Å². The van der Waals surface area contributed by atoms with E-state index in [1.807, 2.05) is 10.4 Å². The summed E-state index contributed by atoms with van der Waals surface area (Å²) in [7, 11) is 1.93. The molecule has 0 aromatic heterocycles. The van der Waals surface area contributed by atoms with Crippen molar-refractivity contribution in [2.75, 3.05) is 13.1 Å². The van der Waals surface area contributed by atoms with Crippen LogP contribution < -0.4 is 0 Å². The maximum atomic E-state index is 2.28. The Kier molecular flexibility index (Phi) is 3.47. The van der Waals surface area contributed by atoms with Gasteiger partial charge in [0.2, 0.25) is 0 Å². The van der Waals surface area contributed by atoms with Gasteiger partial charge in [0.15, 0.2) is 0 Å². The van der Waals surface area contributed by atoms with E-state index in [1.54, 1.807) is 0 Å². The summed E-state index contributed by atoms with van der Waals surface area (Å²) in [6.07, 6.45) is 0. The molecule has 0 heterocycles. The molecule has 0 aromatic rings. The van der Waals surface area contributed by atoms with Crippen LogP contribution in [0.2, 0.25) is 0 Å². The fourth-order valence-electron chi connectivity index (χ4n) is 0.224. The van der Waals surface area contributed by atoms with Crippen molar-refractivity contribution in [3.05, 3.63) is 0 Å². The Hall–Kier alpha value is 0.177. The highest BCUT2D eigenvalue weighted by atomic mass is 28.2. The normalized spacial score (nSPS) is 10.0. The second-order valence-electron chi connectivity index (χ2n) is 1.30. The summed E-state index contributed by atoms with van der Waals surface area (Å²) in [6.45, 7) is 6.68. The largest absolute Gasteiger partial charge is 0.331 e. The van der Waals surface area contributed by atoms with Gasteiger partial charge < -0.3 is 4.57 Å². The van der Waals surface area contributed by atoms with Crippen molar-refractivity contribution >= 4 is 10.4 Å². The van der Waals surface area contributed by atoms with Crippen LogP contribution in [0.1, 0.15) is 13.8 Å². The predicted molar refractivity (Wildman–Crippen MR) is 31.5 cm³/mol. The number of rotatable bonds is 2. The van der Waals surface area contributed by atoms with Gasteiger partial charge in [0.05, 0.1) is 10.4 Å². The molecule has 0 spiro atoms. The Bertz CT molecular complexity index is 26.7. The predicted octanol–water partition coefficient (Wildman–Crippen LogP) is -0.124. The van der Waals surface area contributed by atoms with Gasteiger partial charge in [0.25, 0.3) is 0 Å². The van der Waals surface area contributed by atoms with E-state index in [9.17, 15) is 0 Å². The first-order chi connectivity index (χ1) is 2.81. The lowest BCUT2D eigenvalue weighted by atomic mass is 10.7. The van der Waals surface area contributed by atoms with Gasteiger partial charge in [0.1, 0.15) is 0 Å². The van der Waals surface area contributed by atoms with E-state index in [0.29, 0.717) is 0 Å². The smallest absolute Gasteiger partial charge is 0.0968 e. The molecule has 1 radical (unpaired) electrons. The van der Waals surface area contributed by atoms with Crippen molar-refractivity contribution in [1.29, 1.82) is 0 Å². The van der Waals surface area contributed by atoms with E-state index in [-0.39, 0.29) is 0 Å². The third-order valence-corrected chi connectivity index (χ3v) is 1.79. The molecule has 37 valence electrons. The summed E-state index contributed by atoms with van der Waals surface area (Å²) in [4.78, 5) is 0. The van der Waals surface area contributed by atoms with Gasteiger partial charge in [-0.25, -0.2) is 0 Å². The zero-order chi connectivity index (χ0) is 4.99. The quantitative estimate of drug-likeness (QED) is 0.439. The topological polar surface area (TPSA) is 3.24 Å². The minimum Gasteiger partial charge on any atom is -0.331 e. The molecule has 6 heavy (non-hydrogen) atoms. The van der Waals surface area contributed by atoms with Crippen LogP contribution in [0.25, 0.3) is 0 Å². The minimum absolute atomic E-state index is 1.18. The fraction of sp³-hybridized carbons (Fsp3) is 1.00. The molecular weight excluding hydrogens is 90.1 g/mol. The zero-order valence-electron chi connectivity index (χ0n) is 4.57. The molecule has 2 heteroatoms. The minimum atomic E-state index is 1.18. The van der Waals surface area contributed by atoms with E-state index in [0.717, 1.165) is 0 Å². The average Bonchev–Trinajstić information content (AvgIpc) is 1.65. The molecule has 0 aliphatic carbocycles. The van der Waals surface area contributed by atoms with Gasteiger partial charge in [-0.15, -0.1) is 0 Å². The monoisotopic (exact) mass is 102 g/mol. The highest BCUT2D eigenvalue weighted by molar-refractivity contribution is 6.04. The van der Waals surface area contributed by atoms with Crippen LogP contribution in [0, 0.1) is 0 Å². The van der Waals surface area contributed by atoms with Crippen LogP contribution in [0.15, 0.2) is 0 Å². The molecular formula is C4H12NSi. The zero-order valence-corrected chi connectivity index (χ0v) is 5.98. The Morgan fingerprint density at radius 1 is 1.33 bits per heavy atom. The van der Waals surface area contributed by atoms with E-state index in [1.165, 1.54) is 13.1 Å². The van der Waals surface area contributed by atoms with Crippen molar-refractivity contribution < 1.29 is 0 Å². The van der Waals surface area contributed by atoms with Gasteiger partial charge in [-0.05, 0) is 13.1 Å². The maximum absolute atomic E-state index is 2.28. The lowest BCUT2D eigenvalue weighted by Gasteiger charge is -2.07. The summed E-state index contributed by atoms with van der Waals surface area (Å²) in [6, 6.07) is 0. The van der Waals surface area contributed by atoms with Crippen molar-refractivity contribution in [3.8, 4) is 0 Å². The van der Waals surface area contributed by atoms with E-state index >= 15 is 0 Å². The third kappa shape index (κ3) is 2.42. The SMILES string of the molecule is CCN([SiH2])CC. The van der Waals surface area contributed by atoms with Crippen LogP contribution in [-0.2, 0) is 0 Å². The standard InChI is InChI=1S/C4H12NSi/c1-3-5(6)4-2/h3-4,6H2,1-2H3. The summed E-state index contributed by atoms with van der Waals surface area (Å²) in [5, 5.41) is 0. The molecule has 0 bridgehead atoms. The summed E-state index contributed by atoms with van der Waals surface area (Å²) in [5.41, 5.74) is 0. The molecule has 0 aliphatic heterocycles. The van der Waals surface area contributed by atoms with Crippen molar-refractivity contribution in [2.24, 2.45) is 0 Å². The lowest BCUT2D eigenvalue weighted by molar-refractivity contribution is 0.505. The van der Waals surface area contributed by atoms with Gasteiger partial charge >= 0.3 is 0 Å². The van der Waals surface area contributed by atoms with Crippen LogP contribution in [0.5, 0.6) is 0 Å². The number of hydrogen-bond acceptors (Lipinski definition) is 1. The molecule has 0 rings (SSSR count). The molecule has 0 fully saturated rings. The first-order valence-corrected chi connectivity index (χ1v) is 3.00. The number of nitrogens with zero attached hydrogens (tertiary/aromatic N) is 1. The summed E-state index contributed by atoms with van der Waals surface area (Å²) in [5.74, 6) is 0. The molecule has 1 nitrogen and oxygen atoms in total. The van der Waals surface area contributed by atoms with Crippen molar-refractivity contribution in [1.82, 2.24) is 4.57 Å². The van der Waals surface area contributed by atoms with Crippen LogP contribution in [0.3, 0.4) is 0 Å². The van der Waals surface area contributed by atoms with Gasteiger partial charge in [-0.3, -0.25) is 0 Å². The molecule has 0 aromatic carbocycles. The summed E-state index contributed by atoms with van der Waals surface area (Å²) < 4.78 is 2.28. The van der Waals surface area contributed by atoms with Gasteiger partial charge in [-0.1, -0.05) is 13.8 Å². The lowest BCUT2D eigenvalue weighted by Crippen LogP contribution is -2.17. The third-order valence-electron chi connectivity index (χ3n) is 0.894. The van der Waals surface area contributed by atoms with Crippen molar-refractivity contribution in [3.63, 3.8) is 0 Å². The van der Waals surface area contributed by atoms with Gasteiger partial charge in [0, 0.05) is 0 Å². The summed E-state index contributed by atoms with van der Waals surface area (Å²) >= 11 is 0. The first-order valence-electron chi connectivity index (χ1n) is 2.36. The Labute approximate surface area is 42.8 Å². The Morgan fingerprint density at radius 3 is 1.67 bits per heavy atom. The van der Waals surface area contributed by atoms with E-state index in [2.05, 4.69) is 18.4 Å². The Balaban J connectivity index is 2.75. The molecule has 0 saturated carbocycles. The second kappa shape index (κ2) is 3.37. The first kappa shape index (κ1) is 6.18. The highest BCUT2D eigenvalue weighted by Crippen LogP contribution is 1.72. The molecule has 0 atom stereocenters. The maximum Gasteiger partial charge on any atom is 0.0968 e. The molecule has 0 aliphatic rings. The average molecular weight is 102 g/mol.